The average Bonchev–Trinajstić information content (AvgIpc) is 3.25. The van der Waals surface area contributed by atoms with Gasteiger partial charge in [-0.3, -0.25) is 9.69 Å². The van der Waals surface area contributed by atoms with Crippen LogP contribution >= 0.6 is 0 Å². The van der Waals surface area contributed by atoms with Gasteiger partial charge in [0.15, 0.2) is 0 Å². The smallest absolute Gasteiger partial charge is 0.232 e. The molecule has 4 nitrogen and oxygen atoms in total. The maximum absolute atomic E-state index is 13.1. The van der Waals surface area contributed by atoms with E-state index in [9.17, 15) is 4.79 Å². The van der Waals surface area contributed by atoms with Crippen molar-refractivity contribution in [3.8, 4) is 5.75 Å². The summed E-state index contributed by atoms with van der Waals surface area (Å²) in [5.74, 6) is 0.706. The molecular weight excluding hydrogens is 372 g/mol. The topological polar surface area (TPSA) is 55.6 Å². The maximum Gasteiger partial charge on any atom is 0.232 e. The van der Waals surface area contributed by atoms with Gasteiger partial charge in [-0.1, -0.05) is 78.9 Å². The largest absolute Gasteiger partial charge is 0.492 e. The first-order chi connectivity index (χ1) is 14.7. The molecule has 2 N–H and O–H groups in total. The lowest BCUT2D eigenvalue weighted by Gasteiger charge is -2.37. The van der Waals surface area contributed by atoms with Gasteiger partial charge in [0.1, 0.15) is 17.8 Å². The number of nitrogens with zero attached hydrogens (tertiary/aromatic N) is 1. The summed E-state index contributed by atoms with van der Waals surface area (Å²) in [5, 5.41) is 0. The van der Waals surface area contributed by atoms with Crippen molar-refractivity contribution in [1.29, 1.82) is 0 Å². The quantitative estimate of drug-likeness (QED) is 0.625. The van der Waals surface area contributed by atoms with E-state index in [4.69, 9.17) is 10.5 Å². The average molecular weight is 401 g/mol. The van der Waals surface area contributed by atoms with Gasteiger partial charge in [0.05, 0.1) is 0 Å². The summed E-state index contributed by atoms with van der Waals surface area (Å²) in [6, 6.07) is 29.9. The molecule has 4 rings (SSSR count). The summed E-state index contributed by atoms with van der Waals surface area (Å²) >= 11 is 0. The van der Waals surface area contributed by atoms with Crippen molar-refractivity contribution in [3.05, 3.63) is 102 Å². The van der Waals surface area contributed by atoms with Crippen molar-refractivity contribution in [2.75, 3.05) is 26.2 Å². The van der Waals surface area contributed by atoms with E-state index in [-0.39, 0.29) is 11.8 Å². The fraction of sp³-hybridized carbons (Fsp3) is 0.269. The van der Waals surface area contributed by atoms with Crippen molar-refractivity contribution < 1.29 is 9.53 Å². The van der Waals surface area contributed by atoms with E-state index in [2.05, 4.69) is 4.90 Å². The van der Waals surface area contributed by atoms with E-state index in [0.29, 0.717) is 6.61 Å². The first-order valence-corrected chi connectivity index (χ1v) is 10.5. The number of carbonyl (C=O) groups is 1. The predicted octanol–water partition coefficient (Wildman–Crippen LogP) is 3.86. The van der Waals surface area contributed by atoms with Crippen LogP contribution in [0.4, 0.5) is 0 Å². The van der Waals surface area contributed by atoms with Gasteiger partial charge >= 0.3 is 0 Å². The minimum absolute atomic E-state index is 0.108. The molecule has 1 aliphatic heterocycles. The molecule has 1 saturated heterocycles. The maximum atomic E-state index is 13.1. The van der Waals surface area contributed by atoms with E-state index in [1.165, 1.54) is 0 Å². The third-order valence-electron chi connectivity index (χ3n) is 6.15. The first-order valence-electron chi connectivity index (χ1n) is 10.5. The Bertz CT molecular complexity index is 905. The molecule has 0 aromatic heterocycles. The molecule has 0 saturated carbocycles. The highest BCUT2D eigenvalue weighted by molar-refractivity contribution is 5.91. The second-order valence-corrected chi connectivity index (χ2v) is 7.85. The number of likely N-dealkylation sites (tertiary alicyclic amines) is 1. The Morgan fingerprint density at radius 2 is 1.43 bits per heavy atom. The number of hydrogen-bond acceptors (Lipinski definition) is 3. The molecule has 3 aromatic carbocycles. The number of nitrogens with two attached hydrogens (primary N) is 1. The third-order valence-corrected chi connectivity index (χ3v) is 6.15. The Kier molecular flexibility index (Phi) is 6.15. The molecule has 0 spiro atoms. The Hall–Kier alpha value is -3.11. The monoisotopic (exact) mass is 400 g/mol. The second-order valence-electron chi connectivity index (χ2n) is 7.85. The minimum atomic E-state index is -0.836. The van der Waals surface area contributed by atoms with Gasteiger partial charge in [0.25, 0.3) is 0 Å². The van der Waals surface area contributed by atoms with Crippen LogP contribution in [0.1, 0.15) is 17.5 Å². The highest BCUT2D eigenvalue weighted by Gasteiger charge is 2.49. The number of amides is 1. The van der Waals surface area contributed by atoms with Gasteiger partial charge in [-0.05, 0) is 42.1 Å². The summed E-state index contributed by atoms with van der Waals surface area (Å²) in [4.78, 5) is 15.5. The molecule has 3 aromatic rings. The van der Waals surface area contributed by atoms with Gasteiger partial charge in [0.2, 0.25) is 5.91 Å². The highest BCUT2D eigenvalue weighted by atomic mass is 16.5. The molecule has 4 heteroatoms. The molecule has 1 heterocycles. The van der Waals surface area contributed by atoms with Crippen molar-refractivity contribution >= 4 is 5.91 Å². The van der Waals surface area contributed by atoms with Crippen LogP contribution in [0.5, 0.6) is 5.75 Å². The van der Waals surface area contributed by atoms with Crippen molar-refractivity contribution in [2.45, 2.75) is 11.8 Å². The lowest BCUT2D eigenvalue weighted by molar-refractivity contribution is -0.123. The molecule has 1 atom stereocenters. The normalized spacial score (nSPS) is 17.0. The fourth-order valence-electron chi connectivity index (χ4n) is 4.72. The van der Waals surface area contributed by atoms with Crippen LogP contribution in [-0.4, -0.2) is 37.0 Å². The predicted molar refractivity (Wildman–Crippen MR) is 119 cm³/mol. The Labute approximate surface area is 178 Å². The molecule has 154 valence electrons. The van der Waals surface area contributed by atoms with Crippen molar-refractivity contribution in [1.82, 2.24) is 4.90 Å². The summed E-state index contributed by atoms with van der Waals surface area (Å²) in [6.45, 7) is 3.18. The molecule has 0 bridgehead atoms. The van der Waals surface area contributed by atoms with Gasteiger partial charge in [-0.15, -0.1) is 0 Å². The molecule has 1 aliphatic rings. The Morgan fingerprint density at radius 3 is 1.97 bits per heavy atom. The SMILES string of the molecule is NC(=O)C(c1ccccc1)(c1ccccc1)[C@H]1CCN(CCOc2ccccc2)C1. The van der Waals surface area contributed by atoms with E-state index < -0.39 is 5.41 Å². The van der Waals surface area contributed by atoms with Gasteiger partial charge in [0, 0.05) is 13.1 Å². The standard InChI is InChI=1S/C26H28N2O2/c27-25(29)26(21-10-4-1-5-11-21,22-12-6-2-7-13-22)23-16-17-28(20-23)18-19-30-24-14-8-3-9-15-24/h1-15,23H,16-20H2,(H2,27,29)/t23-/m0/s1. The summed E-state index contributed by atoms with van der Waals surface area (Å²) < 4.78 is 5.87. The zero-order valence-electron chi connectivity index (χ0n) is 17.1. The van der Waals surface area contributed by atoms with E-state index in [0.717, 1.165) is 42.9 Å². The number of carbonyl (C=O) groups excluding carboxylic acids is 1. The number of rotatable bonds is 8. The lowest BCUT2D eigenvalue weighted by Crippen LogP contribution is -2.49. The Balaban J connectivity index is 1.56. The molecule has 0 unspecified atom stereocenters. The van der Waals surface area contributed by atoms with Gasteiger partial charge in [-0.25, -0.2) is 0 Å². The zero-order chi connectivity index (χ0) is 20.8. The number of ether oxygens (including phenoxy) is 1. The van der Waals surface area contributed by atoms with Crippen molar-refractivity contribution in [2.24, 2.45) is 11.7 Å². The lowest BCUT2D eigenvalue weighted by atomic mass is 9.64. The fourth-order valence-corrected chi connectivity index (χ4v) is 4.72. The number of primary amides is 1. The summed E-state index contributed by atoms with van der Waals surface area (Å²) in [5.41, 5.74) is 7.26. The molecule has 0 radical (unpaired) electrons. The minimum Gasteiger partial charge on any atom is -0.492 e. The molecule has 1 amide bonds. The highest BCUT2D eigenvalue weighted by Crippen LogP contribution is 2.43. The molecule has 0 aliphatic carbocycles. The van der Waals surface area contributed by atoms with Gasteiger partial charge < -0.3 is 10.5 Å². The molecular formula is C26H28N2O2. The van der Waals surface area contributed by atoms with Crippen LogP contribution < -0.4 is 10.5 Å². The summed E-state index contributed by atoms with van der Waals surface area (Å²) in [7, 11) is 0. The van der Waals surface area contributed by atoms with Crippen molar-refractivity contribution in [3.63, 3.8) is 0 Å². The van der Waals surface area contributed by atoms with Crippen LogP contribution in [0.3, 0.4) is 0 Å². The van der Waals surface area contributed by atoms with Crippen LogP contribution in [0.2, 0.25) is 0 Å². The number of benzene rings is 3. The van der Waals surface area contributed by atoms with E-state index >= 15 is 0 Å². The zero-order valence-corrected chi connectivity index (χ0v) is 17.1. The van der Waals surface area contributed by atoms with Crippen LogP contribution in [0.25, 0.3) is 0 Å². The Morgan fingerprint density at radius 1 is 0.900 bits per heavy atom. The van der Waals surface area contributed by atoms with E-state index in [1.807, 2.05) is 91.0 Å². The number of hydrogen-bond donors (Lipinski definition) is 1. The van der Waals surface area contributed by atoms with Crippen LogP contribution in [-0.2, 0) is 10.2 Å². The van der Waals surface area contributed by atoms with E-state index in [1.54, 1.807) is 0 Å². The van der Waals surface area contributed by atoms with Crippen LogP contribution in [0, 0.1) is 5.92 Å². The molecule has 1 fully saturated rings. The number of para-hydroxylation sites is 1. The van der Waals surface area contributed by atoms with Gasteiger partial charge in [-0.2, -0.15) is 0 Å². The summed E-state index contributed by atoms with van der Waals surface area (Å²) in [6.07, 6.45) is 0.915. The third kappa shape index (κ3) is 3.96. The second kappa shape index (κ2) is 9.14. The van der Waals surface area contributed by atoms with Crippen LogP contribution in [0.15, 0.2) is 91.0 Å². The molecule has 30 heavy (non-hydrogen) atoms. The first kappa shape index (κ1) is 20.2.